The van der Waals surface area contributed by atoms with E-state index in [0.29, 0.717) is 0 Å². The first-order chi connectivity index (χ1) is 7.40. The lowest BCUT2D eigenvalue weighted by Crippen LogP contribution is -2.27. The van der Waals surface area contributed by atoms with Crippen LogP contribution in [0.2, 0.25) is 0 Å². The van der Waals surface area contributed by atoms with Crippen LogP contribution in [0, 0.1) is 0 Å². The summed E-state index contributed by atoms with van der Waals surface area (Å²) in [5.74, 6) is 0. The molecule has 2 rings (SSSR count). The van der Waals surface area contributed by atoms with Gasteiger partial charge in [0.2, 0.25) is 0 Å². The fraction of sp³-hybridized carbons (Fsp3) is 0.667. The molecule has 2 nitrogen and oxygen atoms in total. The van der Waals surface area contributed by atoms with Crippen LogP contribution in [0.5, 0.6) is 0 Å². The SMILES string of the molecule is CCc1ccsc1CN1CCCNCC1. The molecule has 0 aromatic carbocycles. The van der Waals surface area contributed by atoms with E-state index in [-0.39, 0.29) is 0 Å². The number of thiophene rings is 1. The standard InChI is InChI=1S/C12H20N2S/c1-2-11-4-9-15-12(11)10-14-7-3-5-13-6-8-14/h4,9,13H,2-3,5-8,10H2,1H3. The summed E-state index contributed by atoms with van der Waals surface area (Å²) in [6.45, 7) is 8.17. The van der Waals surface area contributed by atoms with Gasteiger partial charge in [0.15, 0.2) is 0 Å². The topological polar surface area (TPSA) is 15.3 Å². The predicted molar refractivity (Wildman–Crippen MR) is 66.5 cm³/mol. The van der Waals surface area contributed by atoms with Crippen molar-refractivity contribution in [2.75, 3.05) is 26.2 Å². The van der Waals surface area contributed by atoms with Crippen LogP contribution in [-0.2, 0) is 13.0 Å². The molecule has 1 aliphatic rings. The maximum Gasteiger partial charge on any atom is 0.0331 e. The summed E-state index contributed by atoms with van der Waals surface area (Å²) in [6.07, 6.45) is 2.46. The molecule has 1 aliphatic heterocycles. The molecule has 1 N–H and O–H groups in total. The Kier molecular flexibility index (Phi) is 4.18. The Balaban J connectivity index is 1.94. The molecule has 0 atom stereocenters. The Morgan fingerprint density at radius 1 is 1.40 bits per heavy atom. The zero-order chi connectivity index (χ0) is 10.5. The smallest absolute Gasteiger partial charge is 0.0331 e. The van der Waals surface area contributed by atoms with Gasteiger partial charge in [-0.25, -0.2) is 0 Å². The van der Waals surface area contributed by atoms with Crippen LogP contribution in [0.25, 0.3) is 0 Å². The molecule has 0 unspecified atom stereocenters. The largest absolute Gasteiger partial charge is 0.315 e. The van der Waals surface area contributed by atoms with Gasteiger partial charge in [-0.05, 0) is 42.9 Å². The highest BCUT2D eigenvalue weighted by Crippen LogP contribution is 2.19. The van der Waals surface area contributed by atoms with Gasteiger partial charge in [-0.3, -0.25) is 4.90 Å². The maximum absolute atomic E-state index is 3.45. The van der Waals surface area contributed by atoms with Crippen molar-refractivity contribution in [2.45, 2.75) is 26.3 Å². The highest BCUT2D eigenvalue weighted by atomic mass is 32.1. The lowest BCUT2D eigenvalue weighted by Gasteiger charge is -2.19. The summed E-state index contributed by atoms with van der Waals surface area (Å²) in [7, 11) is 0. The monoisotopic (exact) mass is 224 g/mol. The molecule has 0 spiro atoms. The number of rotatable bonds is 3. The lowest BCUT2D eigenvalue weighted by atomic mass is 10.2. The summed E-state index contributed by atoms with van der Waals surface area (Å²) < 4.78 is 0. The highest BCUT2D eigenvalue weighted by molar-refractivity contribution is 7.10. The lowest BCUT2D eigenvalue weighted by molar-refractivity contribution is 0.286. The molecule has 0 amide bonds. The highest BCUT2D eigenvalue weighted by Gasteiger charge is 2.11. The summed E-state index contributed by atoms with van der Waals surface area (Å²) in [5, 5.41) is 5.67. The third-order valence-corrected chi connectivity index (χ3v) is 3.97. The minimum absolute atomic E-state index is 1.15. The number of aryl methyl sites for hydroxylation is 1. The molecule has 0 aliphatic carbocycles. The van der Waals surface area contributed by atoms with Crippen molar-refractivity contribution in [3.05, 3.63) is 21.9 Å². The summed E-state index contributed by atoms with van der Waals surface area (Å²) in [6, 6.07) is 2.27. The van der Waals surface area contributed by atoms with E-state index in [9.17, 15) is 0 Å². The van der Waals surface area contributed by atoms with Crippen molar-refractivity contribution in [1.82, 2.24) is 10.2 Å². The number of nitrogens with one attached hydrogen (secondary N) is 1. The molecular formula is C12H20N2S. The normalized spacial score (nSPS) is 19.0. The van der Waals surface area contributed by atoms with Crippen LogP contribution in [0.1, 0.15) is 23.8 Å². The Morgan fingerprint density at radius 3 is 3.20 bits per heavy atom. The number of hydrogen-bond acceptors (Lipinski definition) is 3. The third kappa shape index (κ3) is 3.03. The second-order valence-electron chi connectivity index (χ2n) is 4.10. The van der Waals surface area contributed by atoms with Crippen LogP contribution in [0.15, 0.2) is 11.4 Å². The Bertz CT molecular complexity index is 288. The molecule has 0 bridgehead atoms. The minimum atomic E-state index is 1.15. The van der Waals surface area contributed by atoms with Crippen molar-refractivity contribution in [3.8, 4) is 0 Å². The Hall–Kier alpha value is -0.380. The first kappa shape index (κ1) is 11.1. The van der Waals surface area contributed by atoms with Gasteiger partial charge in [-0.1, -0.05) is 6.92 Å². The van der Waals surface area contributed by atoms with Crippen molar-refractivity contribution >= 4 is 11.3 Å². The molecule has 1 fully saturated rings. The van der Waals surface area contributed by atoms with Crippen LogP contribution in [-0.4, -0.2) is 31.1 Å². The van der Waals surface area contributed by atoms with Gasteiger partial charge < -0.3 is 5.32 Å². The molecule has 2 heterocycles. The van der Waals surface area contributed by atoms with Gasteiger partial charge in [0.05, 0.1) is 0 Å². The first-order valence-corrected chi connectivity index (χ1v) is 6.76. The molecule has 3 heteroatoms. The van der Waals surface area contributed by atoms with E-state index in [1.807, 2.05) is 11.3 Å². The van der Waals surface area contributed by atoms with Gasteiger partial charge in [-0.2, -0.15) is 0 Å². The molecule has 15 heavy (non-hydrogen) atoms. The van der Waals surface area contributed by atoms with Gasteiger partial charge >= 0.3 is 0 Å². The predicted octanol–water partition coefficient (Wildman–Crippen LogP) is 2.11. The third-order valence-electron chi connectivity index (χ3n) is 3.02. The van der Waals surface area contributed by atoms with Gasteiger partial charge in [-0.15, -0.1) is 11.3 Å². The first-order valence-electron chi connectivity index (χ1n) is 5.88. The van der Waals surface area contributed by atoms with Crippen molar-refractivity contribution in [2.24, 2.45) is 0 Å². The van der Waals surface area contributed by atoms with Crippen molar-refractivity contribution in [1.29, 1.82) is 0 Å². The second-order valence-corrected chi connectivity index (χ2v) is 5.10. The Morgan fingerprint density at radius 2 is 2.33 bits per heavy atom. The summed E-state index contributed by atoms with van der Waals surface area (Å²) in [5.41, 5.74) is 1.54. The fourth-order valence-electron chi connectivity index (χ4n) is 2.08. The van der Waals surface area contributed by atoms with Crippen LogP contribution in [0.4, 0.5) is 0 Å². The average molecular weight is 224 g/mol. The van der Waals surface area contributed by atoms with E-state index in [1.54, 1.807) is 4.88 Å². The zero-order valence-electron chi connectivity index (χ0n) is 9.46. The summed E-state index contributed by atoms with van der Waals surface area (Å²) >= 11 is 1.91. The molecular weight excluding hydrogens is 204 g/mol. The van der Waals surface area contributed by atoms with Gasteiger partial charge in [0.1, 0.15) is 0 Å². The van der Waals surface area contributed by atoms with Crippen molar-refractivity contribution < 1.29 is 0 Å². The summed E-state index contributed by atoms with van der Waals surface area (Å²) in [4.78, 5) is 4.14. The average Bonchev–Trinajstić information content (AvgIpc) is 2.53. The molecule has 0 saturated carbocycles. The quantitative estimate of drug-likeness (QED) is 0.846. The molecule has 0 radical (unpaired) electrons. The number of hydrogen-bond donors (Lipinski definition) is 1. The molecule has 84 valence electrons. The molecule has 1 saturated heterocycles. The van der Waals surface area contributed by atoms with Crippen LogP contribution >= 0.6 is 11.3 Å². The zero-order valence-corrected chi connectivity index (χ0v) is 10.3. The second kappa shape index (κ2) is 5.64. The van der Waals surface area contributed by atoms with Gasteiger partial charge in [0, 0.05) is 24.5 Å². The van der Waals surface area contributed by atoms with Crippen LogP contribution in [0.3, 0.4) is 0 Å². The molecule has 1 aromatic heterocycles. The minimum Gasteiger partial charge on any atom is -0.315 e. The molecule has 1 aromatic rings. The van der Waals surface area contributed by atoms with Gasteiger partial charge in [0.25, 0.3) is 0 Å². The fourth-order valence-corrected chi connectivity index (χ4v) is 3.10. The Labute approximate surface area is 96.3 Å². The van der Waals surface area contributed by atoms with E-state index in [0.717, 1.165) is 13.1 Å². The van der Waals surface area contributed by atoms with Crippen molar-refractivity contribution in [3.63, 3.8) is 0 Å². The maximum atomic E-state index is 3.45. The van der Waals surface area contributed by atoms with E-state index in [1.165, 1.54) is 38.0 Å². The van der Waals surface area contributed by atoms with E-state index in [2.05, 4.69) is 28.6 Å². The van der Waals surface area contributed by atoms with E-state index < -0.39 is 0 Å². The van der Waals surface area contributed by atoms with E-state index >= 15 is 0 Å². The number of nitrogens with zero attached hydrogens (tertiary/aromatic N) is 1. The van der Waals surface area contributed by atoms with Crippen LogP contribution < -0.4 is 5.32 Å². The van der Waals surface area contributed by atoms with E-state index in [4.69, 9.17) is 0 Å².